The molecule has 8 nitrogen and oxygen atoms in total. The van der Waals surface area contributed by atoms with E-state index in [9.17, 15) is 9.59 Å². The number of nitrogens with one attached hydrogen (secondary N) is 1. The number of rotatable bonds is 7. The van der Waals surface area contributed by atoms with Crippen molar-refractivity contribution in [1.29, 1.82) is 0 Å². The molecule has 1 aromatic carbocycles. The van der Waals surface area contributed by atoms with Crippen LogP contribution in [0.3, 0.4) is 0 Å². The molecule has 4 rings (SSSR count). The number of piperazine rings is 1. The van der Waals surface area contributed by atoms with E-state index in [2.05, 4.69) is 27.3 Å². The van der Waals surface area contributed by atoms with Gasteiger partial charge in [0, 0.05) is 49.5 Å². The van der Waals surface area contributed by atoms with E-state index in [0.717, 1.165) is 61.6 Å². The molecule has 0 aliphatic carbocycles. The zero-order valence-corrected chi connectivity index (χ0v) is 20.0. The van der Waals surface area contributed by atoms with Crippen molar-refractivity contribution in [3.8, 4) is 5.69 Å². The van der Waals surface area contributed by atoms with E-state index in [4.69, 9.17) is 0 Å². The Bertz CT molecular complexity index is 1180. The number of fused-ring (bicyclic) bond motifs is 1. The second kappa shape index (κ2) is 9.89. The highest BCUT2D eigenvalue weighted by Gasteiger charge is 2.23. The highest BCUT2D eigenvalue weighted by Crippen LogP contribution is 2.26. The number of aryl methyl sites for hydroxylation is 2. The zero-order valence-electron chi connectivity index (χ0n) is 20.0. The number of hydrogen-bond donors (Lipinski definition) is 1. The van der Waals surface area contributed by atoms with Crippen LogP contribution in [-0.2, 0) is 4.79 Å². The minimum absolute atomic E-state index is 0.0313. The first-order valence-electron chi connectivity index (χ1n) is 11.7. The van der Waals surface area contributed by atoms with Crippen molar-refractivity contribution in [1.82, 2.24) is 29.5 Å². The maximum atomic E-state index is 13.3. The Balaban J connectivity index is 1.47. The molecule has 0 bridgehead atoms. The summed E-state index contributed by atoms with van der Waals surface area (Å²) in [6, 6.07) is 8.98. The lowest BCUT2D eigenvalue weighted by molar-refractivity contribution is -0.123. The predicted molar refractivity (Wildman–Crippen MR) is 131 cm³/mol. The predicted octanol–water partition coefficient (Wildman–Crippen LogP) is 2.12. The van der Waals surface area contributed by atoms with Gasteiger partial charge in [0.15, 0.2) is 0 Å². The van der Waals surface area contributed by atoms with E-state index in [0.29, 0.717) is 11.9 Å². The van der Waals surface area contributed by atoms with Crippen LogP contribution in [0.4, 0.5) is 0 Å². The van der Waals surface area contributed by atoms with Gasteiger partial charge >= 0.3 is 0 Å². The van der Waals surface area contributed by atoms with Crippen molar-refractivity contribution in [3.05, 3.63) is 58.3 Å². The summed E-state index contributed by atoms with van der Waals surface area (Å²) in [5, 5.41) is 8.88. The van der Waals surface area contributed by atoms with Crippen LogP contribution >= 0.6 is 0 Å². The van der Waals surface area contributed by atoms with Gasteiger partial charge in [-0.3, -0.25) is 9.59 Å². The molecule has 1 fully saturated rings. The second-order valence-corrected chi connectivity index (χ2v) is 8.99. The number of para-hydroxylation sites is 1. The van der Waals surface area contributed by atoms with Crippen molar-refractivity contribution in [2.45, 2.75) is 33.2 Å². The third-order valence-corrected chi connectivity index (χ3v) is 6.77. The molecule has 3 aromatic rings. The van der Waals surface area contributed by atoms with Gasteiger partial charge in [0.1, 0.15) is 6.04 Å². The SMILES string of the molecule is Cc1c2cnn(-c3ccccc3)c(=O)c2c(C)n1C(C)C(=O)NCCCN1CCN(C)CC1. The lowest BCUT2D eigenvalue weighted by Crippen LogP contribution is -2.45. The number of benzene rings is 1. The van der Waals surface area contributed by atoms with Gasteiger partial charge in [-0.1, -0.05) is 18.2 Å². The average molecular weight is 451 g/mol. The van der Waals surface area contributed by atoms with E-state index in [1.807, 2.05) is 55.7 Å². The molecular weight excluding hydrogens is 416 g/mol. The fraction of sp³-hybridized carbons (Fsp3) is 0.480. The third kappa shape index (κ3) is 4.72. The number of amides is 1. The molecule has 0 spiro atoms. The molecule has 1 aliphatic rings. The number of nitrogens with zero attached hydrogens (tertiary/aromatic N) is 5. The molecule has 2 aromatic heterocycles. The Labute approximate surface area is 194 Å². The molecule has 0 radical (unpaired) electrons. The van der Waals surface area contributed by atoms with Gasteiger partial charge in [-0.25, -0.2) is 0 Å². The average Bonchev–Trinajstić information content (AvgIpc) is 3.08. The fourth-order valence-electron chi connectivity index (χ4n) is 4.76. The highest BCUT2D eigenvalue weighted by atomic mass is 16.2. The smallest absolute Gasteiger partial charge is 0.281 e. The quantitative estimate of drug-likeness (QED) is 0.558. The van der Waals surface area contributed by atoms with Crippen LogP contribution in [0.15, 0.2) is 41.3 Å². The summed E-state index contributed by atoms with van der Waals surface area (Å²) in [6.45, 7) is 11.8. The fourth-order valence-corrected chi connectivity index (χ4v) is 4.76. The van der Waals surface area contributed by atoms with Gasteiger partial charge < -0.3 is 19.7 Å². The van der Waals surface area contributed by atoms with Crippen molar-refractivity contribution < 1.29 is 4.79 Å². The lowest BCUT2D eigenvalue weighted by Gasteiger charge is -2.32. The zero-order chi connectivity index (χ0) is 23.5. The molecule has 1 saturated heterocycles. The first kappa shape index (κ1) is 23.2. The first-order chi connectivity index (χ1) is 15.9. The summed E-state index contributed by atoms with van der Waals surface area (Å²) in [6.07, 6.45) is 2.66. The number of carbonyl (C=O) groups excluding carboxylic acids is 1. The van der Waals surface area contributed by atoms with Gasteiger partial charge in [0.05, 0.1) is 17.3 Å². The van der Waals surface area contributed by atoms with Crippen LogP contribution in [0.5, 0.6) is 0 Å². The number of likely N-dealkylation sites (N-methyl/N-ethyl adjacent to an activating group) is 1. The minimum atomic E-state index is -0.411. The van der Waals surface area contributed by atoms with Gasteiger partial charge in [-0.2, -0.15) is 9.78 Å². The summed E-state index contributed by atoms with van der Waals surface area (Å²) in [5.74, 6) is -0.0313. The van der Waals surface area contributed by atoms with Crippen LogP contribution in [0, 0.1) is 13.8 Å². The third-order valence-electron chi connectivity index (χ3n) is 6.77. The number of hydrogen-bond acceptors (Lipinski definition) is 5. The Morgan fingerprint density at radius 3 is 2.48 bits per heavy atom. The van der Waals surface area contributed by atoms with E-state index in [1.165, 1.54) is 4.68 Å². The van der Waals surface area contributed by atoms with Gasteiger partial charge in [0.2, 0.25) is 5.91 Å². The molecule has 1 aliphatic heterocycles. The maximum Gasteiger partial charge on any atom is 0.281 e. The van der Waals surface area contributed by atoms with Crippen molar-refractivity contribution >= 4 is 16.7 Å². The molecule has 33 heavy (non-hydrogen) atoms. The summed E-state index contributed by atoms with van der Waals surface area (Å²) in [7, 11) is 2.15. The number of aromatic nitrogens is 3. The maximum absolute atomic E-state index is 13.3. The topological polar surface area (TPSA) is 75.4 Å². The van der Waals surface area contributed by atoms with Gasteiger partial charge in [-0.15, -0.1) is 0 Å². The van der Waals surface area contributed by atoms with Crippen LogP contribution in [0.25, 0.3) is 16.5 Å². The van der Waals surface area contributed by atoms with Gasteiger partial charge in [0.25, 0.3) is 5.56 Å². The van der Waals surface area contributed by atoms with Crippen LogP contribution < -0.4 is 10.9 Å². The standard InChI is InChI=1S/C25H34N6O2/c1-18-22-17-27-31(21-9-6-5-7-10-21)25(33)23(22)19(2)30(18)20(3)24(32)26-11-8-12-29-15-13-28(4)14-16-29/h5-7,9-10,17,20H,8,11-16H2,1-4H3,(H,26,32). The molecule has 1 amide bonds. The molecule has 1 atom stereocenters. The summed E-state index contributed by atoms with van der Waals surface area (Å²) in [5.41, 5.74) is 2.23. The summed E-state index contributed by atoms with van der Waals surface area (Å²) >= 11 is 0. The van der Waals surface area contributed by atoms with Crippen LogP contribution in [0.1, 0.15) is 30.8 Å². The lowest BCUT2D eigenvalue weighted by atomic mass is 10.2. The Morgan fingerprint density at radius 1 is 1.09 bits per heavy atom. The second-order valence-electron chi connectivity index (χ2n) is 8.99. The highest BCUT2D eigenvalue weighted by molar-refractivity contribution is 5.89. The van der Waals surface area contributed by atoms with E-state index in [1.54, 1.807) is 6.20 Å². The van der Waals surface area contributed by atoms with Crippen molar-refractivity contribution in [3.63, 3.8) is 0 Å². The van der Waals surface area contributed by atoms with Crippen molar-refractivity contribution in [2.75, 3.05) is 46.3 Å². The normalized spacial score (nSPS) is 16.2. The molecule has 176 valence electrons. The monoisotopic (exact) mass is 450 g/mol. The van der Waals surface area contributed by atoms with E-state index < -0.39 is 6.04 Å². The summed E-state index contributed by atoms with van der Waals surface area (Å²) in [4.78, 5) is 31.0. The Kier molecular flexibility index (Phi) is 6.95. The molecule has 0 saturated carbocycles. The van der Waals surface area contributed by atoms with Crippen LogP contribution in [-0.4, -0.2) is 76.4 Å². The molecule has 1 unspecified atom stereocenters. The Hall–Kier alpha value is -2.97. The Morgan fingerprint density at radius 2 is 1.79 bits per heavy atom. The molecular formula is C25H34N6O2. The summed E-state index contributed by atoms with van der Waals surface area (Å²) < 4.78 is 3.38. The number of carbonyl (C=O) groups is 1. The molecule has 3 heterocycles. The molecule has 8 heteroatoms. The first-order valence-corrected chi connectivity index (χ1v) is 11.7. The van der Waals surface area contributed by atoms with Crippen LogP contribution in [0.2, 0.25) is 0 Å². The van der Waals surface area contributed by atoms with E-state index >= 15 is 0 Å². The minimum Gasteiger partial charge on any atom is -0.354 e. The van der Waals surface area contributed by atoms with Crippen molar-refractivity contribution in [2.24, 2.45) is 0 Å². The molecule has 1 N–H and O–H groups in total. The van der Waals surface area contributed by atoms with Gasteiger partial charge in [-0.05, 0) is 52.9 Å². The largest absolute Gasteiger partial charge is 0.354 e. The van der Waals surface area contributed by atoms with E-state index in [-0.39, 0.29) is 11.5 Å².